The second kappa shape index (κ2) is 7.04. The van der Waals surface area contributed by atoms with Gasteiger partial charge in [-0.3, -0.25) is 9.48 Å². The third kappa shape index (κ3) is 2.94. The number of amides is 1. The summed E-state index contributed by atoms with van der Waals surface area (Å²) in [5.41, 5.74) is 5.49. The third-order valence-electron chi connectivity index (χ3n) is 6.76. The first-order valence-corrected chi connectivity index (χ1v) is 11.3. The van der Waals surface area contributed by atoms with Crippen LogP contribution in [0.3, 0.4) is 0 Å². The summed E-state index contributed by atoms with van der Waals surface area (Å²) in [5.74, 6) is -0.0733. The van der Waals surface area contributed by atoms with Crippen LogP contribution < -0.4 is 10.6 Å². The van der Waals surface area contributed by atoms with Crippen molar-refractivity contribution >= 4 is 17.5 Å². The van der Waals surface area contributed by atoms with Gasteiger partial charge in [0.1, 0.15) is 0 Å². The molecular weight excluding hydrogens is 424 g/mol. The molecule has 0 saturated carbocycles. The van der Waals surface area contributed by atoms with E-state index in [1.165, 1.54) is 0 Å². The second-order valence-corrected chi connectivity index (χ2v) is 9.83. The van der Waals surface area contributed by atoms with Gasteiger partial charge in [0.25, 0.3) is 5.91 Å². The van der Waals surface area contributed by atoms with E-state index < -0.39 is 5.41 Å². The molecule has 8 heteroatoms. The van der Waals surface area contributed by atoms with Crippen LogP contribution >= 0.6 is 11.6 Å². The van der Waals surface area contributed by atoms with Crippen LogP contribution in [0.1, 0.15) is 44.9 Å². The maximum absolute atomic E-state index is 13.6. The van der Waals surface area contributed by atoms with E-state index in [2.05, 4.69) is 51.1 Å². The number of benzene rings is 1. The first kappa shape index (κ1) is 20.9. The van der Waals surface area contributed by atoms with Crippen molar-refractivity contribution in [3.05, 3.63) is 63.7 Å². The molecule has 0 fully saturated rings. The molecule has 2 N–H and O–H groups in total. The Morgan fingerprint density at radius 1 is 1.31 bits per heavy atom. The molecule has 3 aliphatic heterocycles. The number of aromatic nitrogens is 2. The average Bonchev–Trinajstić information content (AvgIpc) is 3.27. The monoisotopic (exact) mass is 450 g/mol. The minimum atomic E-state index is -0.724. The van der Waals surface area contributed by atoms with Crippen LogP contribution in [-0.2, 0) is 17.3 Å². The SMILES string of the molecule is CC[C@]1(c2cccc(-c3cn(C)nc3C)c2)C2=C(CC(C)(C)NC2=O)NC2N=NC(Cl)=C21. The van der Waals surface area contributed by atoms with Gasteiger partial charge in [-0.15, -0.1) is 5.11 Å². The highest BCUT2D eigenvalue weighted by atomic mass is 35.5. The Morgan fingerprint density at radius 2 is 2.09 bits per heavy atom. The van der Waals surface area contributed by atoms with E-state index in [1.807, 2.05) is 44.8 Å². The number of hydrogen-bond acceptors (Lipinski definition) is 5. The van der Waals surface area contributed by atoms with Gasteiger partial charge in [-0.05, 0) is 44.4 Å². The molecule has 32 heavy (non-hydrogen) atoms. The predicted molar refractivity (Wildman–Crippen MR) is 124 cm³/mol. The van der Waals surface area contributed by atoms with Gasteiger partial charge in [0, 0.05) is 42.0 Å². The second-order valence-electron chi connectivity index (χ2n) is 9.48. The van der Waals surface area contributed by atoms with E-state index >= 15 is 0 Å². The molecule has 1 amide bonds. The van der Waals surface area contributed by atoms with Crippen LogP contribution in [0, 0.1) is 6.92 Å². The number of aryl methyl sites for hydroxylation is 2. The van der Waals surface area contributed by atoms with Crippen LogP contribution in [0.4, 0.5) is 0 Å². The lowest BCUT2D eigenvalue weighted by molar-refractivity contribution is -0.120. The van der Waals surface area contributed by atoms with Crippen molar-refractivity contribution in [3.63, 3.8) is 0 Å². The zero-order valence-corrected chi connectivity index (χ0v) is 19.7. The van der Waals surface area contributed by atoms with E-state index in [1.54, 1.807) is 0 Å². The van der Waals surface area contributed by atoms with E-state index in [0.717, 1.165) is 39.2 Å². The fourth-order valence-electron chi connectivity index (χ4n) is 5.51. The minimum absolute atomic E-state index is 0.0733. The number of hydrogen-bond donors (Lipinski definition) is 2. The summed E-state index contributed by atoms with van der Waals surface area (Å²) in [6.45, 7) is 8.16. The normalized spacial score (nSPS) is 26.1. The van der Waals surface area contributed by atoms with Crippen LogP contribution in [0.2, 0.25) is 0 Å². The number of nitrogens with zero attached hydrogens (tertiary/aromatic N) is 4. The Morgan fingerprint density at radius 3 is 2.78 bits per heavy atom. The summed E-state index contributed by atoms with van der Waals surface area (Å²) in [5, 5.41) is 20.1. The summed E-state index contributed by atoms with van der Waals surface area (Å²) in [7, 11) is 1.92. The molecule has 166 valence electrons. The zero-order chi connectivity index (χ0) is 22.8. The Labute approximate surface area is 192 Å². The van der Waals surface area contributed by atoms with Crippen LogP contribution in [0.5, 0.6) is 0 Å². The van der Waals surface area contributed by atoms with Gasteiger partial charge < -0.3 is 10.6 Å². The molecular formula is C24H27ClN6O. The van der Waals surface area contributed by atoms with Gasteiger partial charge in [0.05, 0.1) is 16.7 Å². The Bertz CT molecular complexity index is 1240. The quantitative estimate of drug-likeness (QED) is 0.678. The van der Waals surface area contributed by atoms with Crippen LogP contribution in [-0.4, -0.2) is 27.4 Å². The maximum atomic E-state index is 13.6. The van der Waals surface area contributed by atoms with Crippen molar-refractivity contribution in [2.45, 2.75) is 57.7 Å². The van der Waals surface area contributed by atoms with Gasteiger partial charge in [-0.25, -0.2) is 0 Å². The van der Waals surface area contributed by atoms with Crippen molar-refractivity contribution < 1.29 is 4.79 Å². The number of azo groups is 1. The van der Waals surface area contributed by atoms with Gasteiger partial charge in [-0.1, -0.05) is 36.7 Å². The molecule has 4 heterocycles. The highest BCUT2D eigenvalue weighted by Crippen LogP contribution is 2.53. The molecule has 1 unspecified atom stereocenters. The lowest BCUT2D eigenvalue weighted by Crippen LogP contribution is -2.58. The summed E-state index contributed by atoms with van der Waals surface area (Å²) < 4.78 is 1.82. The summed E-state index contributed by atoms with van der Waals surface area (Å²) in [4.78, 5) is 13.6. The van der Waals surface area contributed by atoms with E-state index in [4.69, 9.17) is 11.6 Å². The fourth-order valence-corrected chi connectivity index (χ4v) is 5.81. The van der Waals surface area contributed by atoms with E-state index in [9.17, 15) is 4.79 Å². The molecule has 1 aromatic carbocycles. The maximum Gasteiger partial charge on any atom is 0.250 e. The van der Waals surface area contributed by atoms with Crippen LogP contribution in [0.15, 0.2) is 62.7 Å². The van der Waals surface area contributed by atoms with Crippen molar-refractivity contribution in [3.8, 4) is 11.1 Å². The van der Waals surface area contributed by atoms with Gasteiger partial charge in [-0.2, -0.15) is 10.2 Å². The number of rotatable bonds is 3. The molecule has 0 radical (unpaired) electrons. The summed E-state index contributed by atoms with van der Waals surface area (Å²) >= 11 is 6.63. The average molecular weight is 451 g/mol. The molecule has 1 aromatic heterocycles. The molecule has 2 aromatic rings. The first-order valence-electron chi connectivity index (χ1n) is 10.9. The summed E-state index contributed by atoms with van der Waals surface area (Å²) in [6, 6.07) is 8.35. The molecule has 5 rings (SSSR count). The highest BCUT2D eigenvalue weighted by molar-refractivity contribution is 6.30. The van der Waals surface area contributed by atoms with E-state index in [0.29, 0.717) is 18.0 Å². The van der Waals surface area contributed by atoms with Crippen molar-refractivity contribution in [1.29, 1.82) is 0 Å². The first-order chi connectivity index (χ1) is 15.2. The largest absolute Gasteiger partial charge is 0.362 e. The highest BCUT2D eigenvalue weighted by Gasteiger charge is 2.54. The lowest BCUT2D eigenvalue weighted by Gasteiger charge is -2.48. The number of carbonyl (C=O) groups excluding carboxylic acids is 1. The third-order valence-corrected chi connectivity index (χ3v) is 7.04. The Hall–Kier alpha value is -2.93. The van der Waals surface area contributed by atoms with Crippen molar-refractivity contribution in [2.24, 2.45) is 17.3 Å². The minimum Gasteiger partial charge on any atom is -0.362 e. The smallest absolute Gasteiger partial charge is 0.250 e. The van der Waals surface area contributed by atoms with Crippen molar-refractivity contribution in [2.75, 3.05) is 0 Å². The molecule has 0 aliphatic carbocycles. The molecule has 3 aliphatic rings. The topological polar surface area (TPSA) is 83.7 Å². The molecule has 0 saturated heterocycles. The van der Waals surface area contributed by atoms with Gasteiger partial charge in [0.2, 0.25) is 0 Å². The lowest BCUT2D eigenvalue weighted by atomic mass is 9.62. The Balaban J connectivity index is 1.78. The van der Waals surface area contributed by atoms with Gasteiger partial charge >= 0.3 is 0 Å². The predicted octanol–water partition coefficient (Wildman–Crippen LogP) is 4.44. The van der Waals surface area contributed by atoms with Crippen LogP contribution in [0.25, 0.3) is 11.1 Å². The standard InChI is InChI=1S/C24H27ClN6O/c1-6-24(15-9-7-8-14(10-15)16-12-31(5)30-13(16)2)18-17(11-23(3,4)27-22(18)32)26-21-19(24)20(25)28-29-21/h7-10,12,21,26H,6,11H2,1-5H3,(H,27,32)/t21?,24-/m0/s1. The number of carbonyl (C=O) groups is 1. The molecule has 0 spiro atoms. The fraction of sp³-hybridized carbons (Fsp3) is 0.417. The molecule has 2 atom stereocenters. The number of fused-ring (bicyclic) bond motifs is 1. The number of nitrogens with one attached hydrogen (secondary N) is 2. The van der Waals surface area contributed by atoms with Gasteiger partial charge in [0.15, 0.2) is 11.3 Å². The van der Waals surface area contributed by atoms with E-state index in [-0.39, 0.29) is 17.6 Å². The van der Waals surface area contributed by atoms with Crippen molar-refractivity contribution in [1.82, 2.24) is 20.4 Å². The zero-order valence-electron chi connectivity index (χ0n) is 19.0. The molecule has 7 nitrogen and oxygen atoms in total. The summed E-state index contributed by atoms with van der Waals surface area (Å²) in [6.07, 6.45) is 3.00. The Kier molecular flexibility index (Phi) is 4.60. The molecule has 0 bridgehead atoms. The number of halogens is 1.